The molecule has 1 aromatic heterocycles. The molecule has 3 rings (SSSR count). The van der Waals surface area contributed by atoms with E-state index in [2.05, 4.69) is 15.3 Å². The van der Waals surface area contributed by atoms with Crippen molar-refractivity contribution in [1.82, 2.24) is 14.9 Å². The molecule has 0 aliphatic carbocycles. The molecule has 0 radical (unpaired) electrons. The number of nitro benzene ring substituents is 1. The third kappa shape index (κ3) is 3.85. The molecule has 0 spiro atoms. The zero-order chi connectivity index (χ0) is 19.4. The van der Waals surface area contributed by atoms with E-state index in [1.54, 1.807) is 44.7 Å². The zero-order valence-electron chi connectivity index (χ0n) is 14.4. The molecule has 3 aromatic rings. The van der Waals surface area contributed by atoms with Crippen molar-refractivity contribution in [1.29, 1.82) is 0 Å². The maximum absolute atomic E-state index is 10.7. The predicted molar refractivity (Wildman–Crippen MR) is 102 cm³/mol. The number of H-pyrrole nitrogens is 1. The molecule has 0 atom stereocenters. The third-order valence-corrected chi connectivity index (χ3v) is 3.98. The van der Waals surface area contributed by atoms with Gasteiger partial charge in [0, 0.05) is 17.7 Å². The number of methoxy groups -OCH3 is 2. The van der Waals surface area contributed by atoms with E-state index in [-0.39, 0.29) is 5.69 Å². The van der Waals surface area contributed by atoms with Crippen LogP contribution in [0.3, 0.4) is 0 Å². The van der Waals surface area contributed by atoms with Gasteiger partial charge in [-0.2, -0.15) is 14.9 Å². The van der Waals surface area contributed by atoms with Crippen LogP contribution in [-0.4, -0.2) is 40.2 Å². The maximum atomic E-state index is 10.7. The first-order valence-electron chi connectivity index (χ1n) is 7.72. The molecule has 2 aromatic carbocycles. The molecule has 1 N–H and O–H groups in total. The van der Waals surface area contributed by atoms with E-state index in [9.17, 15) is 10.1 Å². The van der Waals surface area contributed by atoms with Gasteiger partial charge in [-0.3, -0.25) is 10.1 Å². The van der Waals surface area contributed by atoms with Crippen molar-refractivity contribution < 1.29 is 14.4 Å². The molecule has 27 heavy (non-hydrogen) atoms. The Bertz CT molecular complexity index is 1060. The first-order chi connectivity index (χ1) is 13.0. The molecule has 0 unspecified atom stereocenters. The Balaban J connectivity index is 1.95. The van der Waals surface area contributed by atoms with Crippen molar-refractivity contribution in [3.8, 4) is 22.9 Å². The number of hydrogen-bond acceptors (Lipinski definition) is 7. The average molecular weight is 385 g/mol. The van der Waals surface area contributed by atoms with E-state index in [4.69, 9.17) is 21.7 Å². The number of nitrogens with one attached hydrogen (secondary N) is 1. The number of nitrogens with zero attached hydrogens (tertiary/aromatic N) is 4. The number of ether oxygens (including phenoxy) is 2. The second-order valence-electron chi connectivity index (χ2n) is 5.33. The maximum Gasteiger partial charge on any atom is 0.269 e. The molecule has 1 heterocycles. The first kappa shape index (κ1) is 18.3. The summed E-state index contributed by atoms with van der Waals surface area (Å²) >= 11 is 5.24. The van der Waals surface area contributed by atoms with Gasteiger partial charge in [0.2, 0.25) is 4.77 Å². The van der Waals surface area contributed by atoms with E-state index in [1.165, 1.54) is 16.8 Å². The summed E-state index contributed by atoms with van der Waals surface area (Å²) < 4.78 is 12.3. The topological polar surface area (TPSA) is 108 Å². The fourth-order valence-electron chi connectivity index (χ4n) is 2.37. The van der Waals surface area contributed by atoms with Gasteiger partial charge in [-0.1, -0.05) is 0 Å². The number of aromatic nitrogens is 3. The van der Waals surface area contributed by atoms with Gasteiger partial charge >= 0.3 is 0 Å². The van der Waals surface area contributed by atoms with Crippen LogP contribution in [0.4, 0.5) is 5.69 Å². The van der Waals surface area contributed by atoms with Gasteiger partial charge in [0.05, 0.1) is 25.4 Å². The van der Waals surface area contributed by atoms with Gasteiger partial charge in [0.15, 0.2) is 17.3 Å². The molecule has 138 valence electrons. The summed E-state index contributed by atoms with van der Waals surface area (Å²) in [5.74, 6) is 1.63. The number of hydrogen-bond donors (Lipinski definition) is 1. The van der Waals surface area contributed by atoms with Crippen LogP contribution >= 0.6 is 12.2 Å². The molecule has 0 saturated carbocycles. The normalized spacial score (nSPS) is 10.9. The minimum absolute atomic E-state index is 0.0121. The van der Waals surface area contributed by atoms with Crippen LogP contribution in [0.5, 0.6) is 11.5 Å². The van der Waals surface area contributed by atoms with Gasteiger partial charge < -0.3 is 9.47 Å². The lowest BCUT2D eigenvalue weighted by Crippen LogP contribution is -1.97. The summed E-state index contributed by atoms with van der Waals surface area (Å²) in [5, 5.41) is 22.0. The highest BCUT2D eigenvalue weighted by Gasteiger charge is 2.12. The SMILES string of the molecule is COc1ccc(-c2n[nH]c(=S)n2/N=C\c2ccc([N+](=O)[O-])cc2)cc1OC. The summed E-state index contributed by atoms with van der Waals surface area (Å²) in [6, 6.07) is 11.3. The largest absolute Gasteiger partial charge is 0.493 e. The second kappa shape index (κ2) is 7.79. The van der Waals surface area contributed by atoms with Crippen LogP contribution in [0, 0.1) is 14.9 Å². The van der Waals surface area contributed by atoms with Crippen molar-refractivity contribution in [2.24, 2.45) is 5.10 Å². The highest BCUT2D eigenvalue weighted by Crippen LogP contribution is 2.31. The van der Waals surface area contributed by atoms with Crippen LogP contribution in [-0.2, 0) is 0 Å². The average Bonchev–Trinajstić information content (AvgIpc) is 3.06. The fraction of sp³-hybridized carbons (Fsp3) is 0.118. The van der Waals surface area contributed by atoms with E-state index < -0.39 is 4.92 Å². The van der Waals surface area contributed by atoms with Crippen LogP contribution < -0.4 is 9.47 Å². The third-order valence-electron chi connectivity index (χ3n) is 3.72. The number of benzene rings is 2. The minimum atomic E-state index is -0.456. The molecule has 0 saturated heterocycles. The molecule has 0 fully saturated rings. The molecular formula is C17H15N5O4S. The predicted octanol–water partition coefficient (Wildman–Crippen LogP) is 3.42. The van der Waals surface area contributed by atoms with Crippen molar-refractivity contribution in [2.45, 2.75) is 0 Å². The molecule has 9 nitrogen and oxygen atoms in total. The number of non-ortho nitro benzene ring substituents is 1. The molecule has 0 aliphatic rings. The van der Waals surface area contributed by atoms with E-state index in [0.29, 0.717) is 27.7 Å². The Morgan fingerprint density at radius 1 is 1.19 bits per heavy atom. The van der Waals surface area contributed by atoms with Gasteiger partial charge in [0.1, 0.15) is 0 Å². The smallest absolute Gasteiger partial charge is 0.269 e. The molecule has 10 heteroatoms. The van der Waals surface area contributed by atoms with E-state index in [1.807, 2.05) is 6.07 Å². The van der Waals surface area contributed by atoms with Gasteiger partial charge in [-0.25, -0.2) is 5.10 Å². The lowest BCUT2D eigenvalue weighted by atomic mass is 10.2. The molecular weight excluding hydrogens is 370 g/mol. The van der Waals surface area contributed by atoms with E-state index >= 15 is 0 Å². The Hall–Kier alpha value is -3.53. The number of aromatic amines is 1. The van der Waals surface area contributed by atoms with Crippen LogP contribution in [0.1, 0.15) is 5.56 Å². The standard InChI is InChI=1S/C17H15N5O4S/c1-25-14-8-5-12(9-15(14)26-2)16-19-20-17(27)21(16)18-10-11-3-6-13(7-4-11)22(23)24/h3-10H,1-2H3,(H,20,27)/b18-10-. The summed E-state index contributed by atoms with van der Waals surface area (Å²) in [7, 11) is 3.10. The minimum Gasteiger partial charge on any atom is -0.493 e. The van der Waals surface area contributed by atoms with Crippen molar-refractivity contribution >= 4 is 24.1 Å². The van der Waals surface area contributed by atoms with Crippen LogP contribution in [0.25, 0.3) is 11.4 Å². The van der Waals surface area contributed by atoms with Crippen molar-refractivity contribution in [2.75, 3.05) is 14.2 Å². The monoisotopic (exact) mass is 385 g/mol. The first-order valence-corrected chi connectivity index (χ1v) is 8.13. The van der Waals surface area contributed by atoms with Crippen molar-refractivity contribution in [3.05, 3.63) is 62.9 Å². The highest BCUT2D eigenvalue weighted by atomic mass is 32.1. The van der Waals surface area contributed by atoms with Crippen LogP contribution in [0.2, 0.25) is 0 Å². The fourth-order valence-corrected chi connectivity index (χ4v) is 2.55. The summed E-state index contributed by atoms with van der Waals surface area (Å²) in [4.78, 5) is 10.3. The molecule has 0 bridgehead atoms. The van der Waals surface area contributed by atoms with Gasteiger partial charge in [0.25, 0.3) is 5.69 Å². The van der Waals surface area contributed by atoms with Gasteiger partial charge in [-0.15, -0.1) is 0 Å². The molecule has 0 amide bonds. The Morgan fingerprint density at radius 2 is 1.89 bits per heavy atom. The van der Waals surface area contributed by atoms with Gasteiger partial charge in [-0.05, 0) is 48.1 Å². The summed E-state index contributed by atoms with van der Waals surface area (Å²) in [6.07, 6.45) is 1.54. The Labute approximate surface area is 159 Å². The molecule has 0 aliphatic heterocycles. The summed E-state index contributed by atoms with van der Waals surface area (Å²) in [5.41, 5.74) is 1.42. The zero-order valence-corrected chi connectivity index (χ0v) is 15.3. The Morgan fingerprint density at radius 3 is 2.52 bits per heavy atom. The number of rotatable bonds is 6. The van der Waals surface area contributed by atoms with Crippen molar-refractivity contribution in [3.63, 3.8) is 0 Å². The Kier molecular flexibility index (Phi) is 5.27. The van der Waals surface area contributed by atoms with E-state index in [0.717, 1.165) is 5.56 Å². The summed E-state index contributed by atoms with van der Waals surface area (Å²) in [6.45, 7) is 0. The van der Waals surface area contributed by atoms with Crippen LogP contribution in [0.15, 0.2) is 47.6 Å². The lowest BCUT2D eigenvalue weighted by molar-refractivity contribution is -0.384. The number of nitro groups is 1. The highest BCUT2D eigenvalue weighted by molar-refractivity contribution is 7.71. The second-order valence-corrected chi connectivity index (χ2v) is 5.71. The lowest BCUT2D eigenvalue weighted by Gasteiger charge is -2.09. The quantitative estimate of drug-likeness (QED) is 0.301.